The zero-order valence-electron chi connectivity index (χ0n) is 18.4. The molecule has 3 rings (SSSR count). The fourth-order valence-corrected chi connectivity index (χ4v) is 3.80. The van der Waals surface area contributed by atoms with Crippen LogP contribution in [-0.2, 0) is 16.1 Å². The molecule has 0 bridgehead atoms. The Morgan fingerprint density at radius 2 is 1.77 bits per heavy atom. The van der Waals surface area contributed by atoms with Gasteiger partial charge in [-0.1, -0.05) is 31.0 Å². The molecule has 1 aliphatic heterocycles. The molecular weight excluding hydrogens is 392 g/mol. The van der Waals surface area contributed by atoms with Crippen molar-refractivity contribution < 1.29 is 14.3 Å². The number of pyridine rings is 1. The van der Waals surface area contributed by atoms with Crippen molar-refractivity contribution in [2.45, 2.75) is 51.6 Å². The minimum atomic E-state index is -0.396. The summed E-state index contributed by atoms with van der Waals surface area (Å²) < 4.78 is 5.18. The second-order valence-electron chi connectivity index (χ2n) is 7.93. The lowest BCUT2D eigenvalue weighted by molar-refractivity contribution is -0.122. The second-order valence-corrected chi connectivity index (χ2v) is 7.93. The number of amides is 2. The number of carbonyl (C=O) groups is 2. The molecule has 0 aliphatic carbocycles. The first-order valence-electron chi connectivity index (χ1n) is 10.9. The number of hydrogen-bond acceptors (Lipinski definition) is 5. The second kappa shape index (κ2) is 11.3. The Morgan fingerprint density at radius 1 is 1.06 bits per heavy atom. The van der Waals surface area contributed by atoms with Crippen LogP contribution in [0.25, 0.3) is 0 Å². The van der Waals surface area contributed by atoms with Crippen molar-refractivity contribution in [1.82, 2.24) is 15.6 Å². The largest absolute Gasteiger partial charge is 0.497 e. The van der Waals surface area contributed by atoms with Crippen LogP contribution >= 0.6 is 0 Å². The van der Waals surface area contributed by atoms with Crippen LogP contribution in [0.15, 0.2) is 42.6 Å². The topological polar surface area (TPSA) is 83.6 Å². The average molecular weight is 425 g/mol. The molecule has 7 heteroatoms. The summed E-state index contributed by atoms with van der Waals surface area (Å²) in [5.74, 6) is 1.42. The molecule has 0 saturated carbocycles. The van der Waals surface area contributed by atoms with Gasteiger partial charge in [0.2, 0.25) is 11.8 Å². The highest BCUT2D eigenvalue weighted by Crippen LogP contribution is 2.21. The van der Waals surface area contributed by atoms with E-state index in [2.05, 4.69) is 20.5 Å². The van der Waals surface area contributed by atoms with Crippen LogP contribution in [0.4, 0.5) is 5.82 Å². The van der Waals surface area contributed by atoms with E-state index >= 15 is 0 Å². The van der Waals surface area contributed by atoms with E-state index < -0.39 is 6.04 Å². The summed E-state index contributed by atoms with van der Waals surface area (Å²) >= 11 is 0. The number of hydrogen-bond donors (Lipinski definition) is 2. The third kappa shape index (κ3) is 6.98. The molecule has 2 N–H and O–H groups in total. The highest BCUT2D eigenvalue weighted by molar-refractivity contribution is 5.79. The van der Waals surface area contributed by atoms with Crippen LogP contribution in [0, 0.1) is 0 Å². The molecule has 1 aliphatic rings. The van der Waals surface area contributed by atoms with E-state index in [1.54, 1.807) is 7.11 Å². The molecule has 2 amide bonds. The lowest BCUT2D eigenvalue weighted by Gasteiger charge is -2.21. The predicted octanol–water partition coefficient (Wildman–Crippen LogP) is 3.35. The van der Waals surface area contributed by atoms with Gasteiger partial charge < -0.3 is 20.3 Å². The van der Waals surface area contributed by atoms with E-state index in [0.717, 1.165) is 35.8 Å². The van der Waals surface area contributed by atoms with E-state index in [1.807, 2.05) is 42.6 Å². The van der Waals surface area contributed by atoms with Crippen LogP contribution in [-0.4, -0.2) is 37.0 Å². The molecule has 1 saturated heterocycles. The van der Waals surface area contributed by atoms with Gasteiger partial charge in [0.25, 0.3) is 0 Å². The van der Waals surface area contributed by atoms with E-state index in [0.29, 0.717) is 6.54 Å². The molecule has 1 aromatic carbocycles. The van der Waals surface area contributed by atoms with Crippen LogP contribution in [0.5, 0.6) is 5.75 Å². The number of aromatic nitrogens is 1. The quantitative estimate of drug-likeness (QED) is 0.679. The van der Waals surface area contributed by atoms with E-state index in [4.69, 9.17) is 4.74 Å². The molecule has 1 fully saturated rings. The van der Waals surface area contributed by atoms with Crippen molar-refractivity contribution in [2.24, 2.45) is 0 Å². The number of rotatable bonds is 8. The van der Waals surface area contributed by atoms with Gasteiger partial charge in [-0.3, -0.25) is 9.59 Å². The zero-order chi connectivity index (χ0) is 22.1. The zero-order valence-corrected chi connectivity index (χ0v) is 18.4. The maximum absolute atomic E-state index is 12.5. The Labute approximate surface area is 184 Å². The highest BCUT2D eigenvalue weighted by atomic mass is 16.5. The fraction of sp³-hybridized carbons (Fsp3) is 0.458. The predicted molar refractivity (Wildman–Crippen MR) is 121 cm³/mol. The van der Waals surface area contributed by atoms with E-state index in [-0.39, 0.29) is 18.2 Å². The van der Waals surface area contributed by atoms with Gasteiger partial charge in [0.05, 0.1) is 19.6 Å². The van der Waals surface area contributed by atoms with Crippen molar-refractivity contribution in [2.75, 3.05) is 25.1 Å². The smallest absolute Gasteiger partial charge is 0.222 e. The average Bonchev–Trinajstić information content (AvgIpc) is 3.07. The first-order valence-corrected chi connectivity index (χ1v) is 10.9. The molecule has 0 spiro atoms. The number of carbonyl (C=O) groups excluding carboxylic acids is 2. The lowest BCUT2D eigenvalue weighted by atomic mass is 10.0. The first kappa shape index (κ1) is 22.6. The van der Waals surface area contributed by atoms with Gasteiger partial charge in [-0.15, -0.1) is 0 Å². The normalized spacial score (nSPS) is 15.0. The van der Waals surface area contributed by atoms with Crippen LogP contribution < -0.4 is 20.3 Å². The highest BCUT2D eigenvalue weighted by Gasteiger charge is 2.17. The number of nitrogens with zero attached hydrogens (tertiary/aromatic N) is 2. The molecule has 1 aromatic heterocycles. The standard InChI is InChI=1S/C24H32N4O3/c1-18(29)27-22(20-8-10-21(31-2)11-9-20)15-24(30)26-17-19-7-12-23(25-16-19)28-13-5-3-4-6-14-28/h7-12,16,22H,3-6,13-15,17H2,1-2H3,(H,26,30)(H,27,29). The third-order valence-corrected chi connectivity index (χ3v) is 5.51. The molecule has 2 aromatic rings. The number of ether oxygens (including phenoxy) is 1. The third-order valence-electron chi connectivity index (χ3n) is 5.51. The summed E-state index contributed by atoms with van der Waals surface area (Å²) in [7, 11) is 1.60. The SMILES string of the molecule is COc1ccc(C(CC(=O)NCc2ccc(N3CCCCCC3)nc2)NC(C)=O)cc1. The number of anilines is 1. The summed E-state index contributed by atoms with van der Waals surface area (Å²) in [6.07, 6.45) is 6.99. The Kier molecular flexibility index (Phi) is 8.27. The van der Waals surface area contributed by atoms with Crippen LogP contribution in [0.3, 0.4) is 0 Å². The van der Waals surface area contributed by atoms with Gasteiger partial charge in [-0.25, -0.2) is 4.98 Å². The summed E-state index contributed by atoms with van der Waals surface area (Å²) in [5.41, 5.74) is 1.81. The van der Waals surface area contributed by atoms with E-state index in [9.17, 15) is 9.59 Å². The summed E-state index contributed by atoms with van der Waals surface area (Å²) in [6.45, 7) is 3.96. The Morgan fingerprint density at radius 3 is 2.35 bits per heavy atom. The monoisotopic (exact) mass is 424 g/mol. The number of benzene rings is 1. The van der Waals surface area contributed by atoms with Crippen LogP contribution in [0.2, 0.25) is 0 Å². The van der Waals surface area contributed by atoms with E-state index in [1.165, 1.54) is 32.6 Å². The molecule has 1 atom stereocenters. The Balaban J connectivity index is 1.54. The first-order chi connectivity index (χ1) is 15.0. The maximum atomic E-state index is 12.5. The Hall–Kier alpha value is -3.09. The van der Waals surface area contributed by atoms with Crippen LogP contribution in [0.1, 0.15) is 56.2 Å². The minimum Gasteiger partial charge on any atom is -0.497 e. The molecule has 7 nitrogen and oxygen atoms in total. The van der Waals surface area contributed by atoms with Crippen molar-refractivity contribution in [3.05, 3.63) is 53.7 Å². The van der Waals surface area contributed by atoms with Crippen molar-refractivity contribution in [3.63, 3.8) is 0 Å². The lowest BCUT2D eigenvalue weighted by Crippen LogP contribution is -2.32. The van der Waals surface area contributed by atoms with Crippen molar-refractivity contribution >= 4 is 17.6 Å². The molecule has 1 unspecified atom stereocenters. The van der Waals surface area contributed by atoms with Gasteiger partial charge >= 0.3 is 0 Å². The number of nitrogens with one attached hydrogen (secondary N) is 2. The molecule has 0 radical (unpaired) electrons. The van der Waals surface area contributed by atoms with Gasteiger partial charge in [-0.05, 0) is 42.2 Å². The number of methoxy groups -OCH3 is 1. The van der Waals surface area contributed by atoms with Gasteiger partial charge in [0.1, 0.15) is 11.6 Å². The summed E-state index contributed by atoms with van der Waals surface area (Å²) in [5, 5.41) is 5.79. The molecular formula is C24H32N4O3. The van der Waals surface area contributed by atoms with Crippen molar-refractivity contribution in [3.8, 4) is 5.75 Å². The maximum Gasteiger partial charge on any atom is 0.222 e. The fourth-order valence-electron chi connectivity index (χ4n) is 3.80. The minimum absolute atomic E-state index is 0.133. The Bertz CT molecular complexity index is 844. The van der Waals surface area contributed by atoms with Crippen molar-refractivity contribution in [1.29, 1.82) is 0 Å². The summed E-state index contributed by atoms with van der Waals surface area (Å²) in [6, 6.07) is 11.0. The molecule has 2 heterocycles. The van der Waals surface area contributed by atoms with Gasteiger partial charge in [0, 0.05) is 32.8 Å². The summed E-state index contributed by atoms with van der Waals surface area (Å²) in [4.78, 5) is 31.1. The molecule has 166 valence electrons. The molecule has 31 heavy (non-hydrogen) atoms. The van der Waals surface area contributed by atoms with Gasteiger partial charge in [0.15, 0.2) is 0 Å². The van der Waals surface area contributed by atoms with Gasteiger partial charge in [-0.2, -0.15) is 0 Å².